The molecule has 1 aliphatic rings. The average molecular weight is 393 g/mol. The van der Waals surface area contributed by atoms with Gasteiger partial charge in [-0.25, -0.2) is 9.98 Å². The van der Waals surface area contributed by atoms with Crippen LogP contribution in [0.15, 0.2) is 62.6 Å². The van der Waals surface area contributed by atoms with Gasteiger partial charge in [-0.15, -0.1) is 11.3 Å². The number of furan rings is 1. The number of aliphatic imine (C=N–C) groups is 2. The van der Waals surface area contributed by atoms with E-state index in [2.05, 4.69) is 15.6 Å². The molecule has 1 unspecified atom stereocenters. The van der Waals surface area contributed by atoms with Gasteiger partial charge in [0.1, 0.15) is 17.6 Å². The Bertz CT molecular complexity index is 1050. The summed E-state index contributed by atoms with van der Waals surface area (Å²) in [4.78, 5) is 26.4. The highest BCUT2D eigenvalue weighted by molar-refractivity contribution is 7.10. The van der Waals surface area contributed by atoms with Crippen LogP contribution in [0.1, 0.15) is 34.7 Å². The predicted molar refractivity (Wildman–Crippen MR) is 109 cm³/mol. The van der Waals surface area contributed by atoms with Crippen molar-refractivity contribution in [3.05, 3.63) is 69.9 Å². The van der Waals surface area contributed by atoms with E-state index >= 15 is 0 Å². The molecule has 3 aromatic heterocycles. The zero-order chi connectivity index (χ0) is 19.5. The third kappa shape index (κ3) is 3.59. The second-order valence-electron chi connectivity index (χ2n) is 6.25. The van der Waals surface area contributed by atoms with Gasteiger partial charge in [0, 0.05) is 37.2 Å². The lowest BCUT2D eigenvalue weighted by Gasteiger charge is -2.13. The first kappa shape index (κ1) is 18.1. The Morgan fingerprint density at radius 3 is 2.96 bits per heavy atom. The number of carbonyl (C=O) groups excluding carboxylic acids is 1. The van der Waals surface area contributed by atoms with Gasteiger partial charge in [0.15, 0.2) is 11.6 Å². The van der Waals surface area contributed by atoms with Crippen molar-refractivity contribution < 1.29 is 9.21 Å². The molecule has 2 N–H and O–H groups in total. The summed E-state index contributed by atoms with van der Waals surface area (Å²) in [5, 5.41) is 8.01. The Balaban J connectivity index is 1.80. The molecule has 4 heterocycles. The fraction of sp³-hybridized carbons (Fsp3) is 0.200. The number of rotatable bonds is 4. The average Bonchev–Trinajstić information content (AvgIpc) is 3.36. The lowest BCUT2D eigenvalue weighted by molar-refractivity contribution is -0.119. The molecule has 0 spiro atoms. The number of aromatic nitrogens is 1. The fourth-order valence-electron chi connectivity index (χ4n) is 2.96. The first-order chi connectivity index (χ1) is 13.7. The Labute approximate surface area is 166 Å². The highest BCUT2D eigenvalue weighted by atomic mass is 32.1. The summed E-state index contributed by atoms with van der Waals surface area (Å²) in [5.41, 5.74) is 2.56. The Hall–Kier alpha value is -3.26. The van der Waals surface area contributed by atoms with Gasteiger partial charge in [-0.2, -0.15) is 0 Å². The van der Waals surface area contributed by atoms with Gasteiger partial charge in [-0.1, -0.05) is 0 Å². The number of thiophene rings is 1. The van der Waals surface area contributed by atoms with Gasteiger partial charge < -0.3 is 15.1 Å². The van der Waals surface area contributed by atoms with Crippen LogP contribution in [0.25, 0.3) is 0 Å². The monoisotopic (exact) mass is 393 g/mol. The van der Waals surface area contributed by atoms with Crippen LogP contribution in [0.5, 0.6) is 0 Å². The Kier molecular flexibility index (Phi) is 5.03. The predicted octanol–water partition coefficient (Wildman–Crippen LogP) is 3.21. The highest BCUT2D eigenvalue weighted by Gasteiger charge is 2.27. The van der Waals surface area contributed by atoms with Crippen LogP contribution in [0.3, 0.4) is 0 Å². The van der Waals surface area contributed by atoms with Crippen molar-refractivity contribution in [3.63, 3.8) is 0 Å². The van der Waals surface area contributed by atoms with Gasteiger partial charge in [-0.05, 0) is 41.3 Å². The number of likely N-dealkylation sites (N-methyl/N-ethyl adjacent to an activating group) is 1. The van der Waals surface area contributed by atoms with Crippen molar-refractivity contribution in [1.82, 2.24) is 15.6 Å². The third-order valence-corrected chi connectivity index (χ3v) is 5.31. The number of hydrogen-bond donors (Lipinski definition) is 2. The lowest BCUT2D eigenvalue weighted by Crippen LogP contribution is -2.24. The van der Waals surface area contributed by atoms with E-state index in [1.165, 1.54) is 6.92 Å². The van der Waals surface area contributed by atoms with Crippen LogP contribution < -0.4 is 10.6 Å². The summed E-state index contributed by atoms with van der Waals surface area (Å²) < 4.78 is 5.63. The number of hydrogen-bond acceptors (Lipinski definition) is 7. The topological polar surface area (TPSA) is 91.9 Å². The van der Waals surface area contributed by atoms with E-state index in [0.717, 1.165) is 16.0 Å². The number of nitrogens with zero attached hydrogens (tertiary/aromatic N) is 3. The van der Waals surface area contributed by atoms with Crippen molar-refractivity contribution in [2.75, 3.05) is 7.05 Å². The van der Waals surface area contributed by atoms with E-state index in [9.17, 15) is 4.79 Å². The first-order valence-electron chi connectivity index (χ1n) is 8.81. The van der Waals surface area contributed by atoms with Gasteiger partial charge in [0.25, 0.3) is 0 Å². The molecule has 0 fully saturated rings. The Morgan fingerprint density at radius 2 is 2.21 bits per heavy atom. The summed E-state index contributed by atoms with van der Waals surface area (Å²) in [7, 11) is 1.83. The number of amidine groups is 1. The molecule has 0 bridgehead atoms. The zero-order valence-electron chi connectivity index (χ0n) is 15.5. The van der Waals surface area contributed by atoms with E-state index in [1.54, 1.807) is 23.8 Å². The molecule has 0 aliphatic carbocycles. The first-order valence-corrected chi connectivity index (χ1v) is 9.69. The van der Waals surface area contributed by atoms with E-state index in [-0.39, 0.29) is 11.9 Å². The Morgan fingerprint density at radius 1 is 1.32 bits per heavy atom. The molecule has 8 heteroatoms. The van der Waals surface area contributed by atoms with Gasteiger partial charge in [-0.3, -0.25) is 9.79 Å². The third-order valence-electron chi connectivity index (χ3n) is 4.28. The maximum absolute atomic E-state index is 11.2. The second-order valence-corrected chi connectivity index (χ2v) is 7.19. The summed E-state index contributed by atoms with van der Waals surface area (Å²) in [5.74, 6) is 1.91. The molecule has 7 nitrogen and oxygen atoms in total. The van der Waals surface area contributed by atoms with Crippen LogP contribution in [-0.4, -0.2) is 29.5 Å². The standard InChI is InChI=1S/C20H19N5O2S/c1-12(26)23-10-13-9-16(28-11-13)18-20(21-2)25-19-14(5-3-7-22-19)17(24-18)15-6-4-8-27-15/h3-9,11,18H,10H2,1-2H3,(H,23,26)(H,21,22,25). The number of fused-ring (bicyclic) bond motifs is 1. The number of nitrogens with one attached hydrogen (secondary N) is 2. The van der Waals surface area contributed by atoms with Crippen molar-refractivity contribution in [2.45, 2.75) is 19.5 Å². The van der Waals surface area contributed by atoms with Crippen LogP contribution in [0.4, 0.5) is 5.82 Å². The van der Waals surface area contributed by atoms with E-state index < -0.39 is 0 Å². The van der Waals surface area contributed by atoms with Crippen molar-refractivity contribution in [1.29, 1.82) is 0 Å². The molecule has 3 aromatic rings. The maximum atomic E-state index is 11.2. The quantitative estimate of drug-likeness (QED) is 0.712. The van der Waals surface area contributed by atoms with Crippen LogP contribution in [0, 0.1) is 0 Å². The molecule has 1 amide bonds. The van der Waals surface area contributed by atoms with E-state index in [1.807, 2.05) is 42.8 Å². The minimum Gasteiger partial charge on any atom is -0.463 e. The van der Waals surface area contributed by atoms with Crippen LogP contribution in [-0.2, 0) is 11.3 Å². The van der Waals surface area contributed by atoms with Crippen molar-refractivity contribution >= 4 is 34.6 Å². The SMILES string of the molecule is CNC1=Nc2ncccc2C(c2ccco2)=NC1c1cc(CNC(C)=O)cs1. The normalized spacial score (nSPS) is 15.9. The molecule has 1 aliphatic heterocycles. The zero-order valence-corrected chi connectivity index (χ0v) is 16.3. The molecule has 1 atom stereocenters. The molecule has 0 saturated carbocycles. The second kappa shape index (κ2) is 7.77. The maximum Gasteiger partial charge on any atom is 0.217 e. The molecular weight excluding hydrogens is 374 g/mol. The lowest BCUT2D eigenvalue weighted by atomic mass is 10.1. The van der Waals surface area contributed by atoms with Gasteiger partial charge in [0.05, 0.1) is 6.26 Å². The van der Waals surface area contributed by atoms with E-state index in [0.29, 0.717) is 29.7 Å². The van der Waals surface area contributed by atoms with Gasteiger partial charge >= 0.3 is 0 Å². The van der Waals surface area contributed by atoms with Crippen LogP contribution >= 0.6 is 11.3 Å². The minimum absolute atomic E-state index is 0.0562. The molecule has 4 rings (SSSR count). The smallest absolute Gasteiger partial charge is 0.217 e. The number of carbonyl (C=O) groups is 1. The summed E-state index contributed by atoms with van der Waals surface area (Å²) in [6.45, 7) is 2.00. The molecule has 0 saturated heterocycles. The molecule has 0 aromatic carbocycles. The fourth-order valence-corrected chi connectivity index (χ4v) is 3.92. The van der Waals surface area contributed by atoms with E-state index in [4.69, 9.17) is 14.4 Å². The number of amides is 1. The number of pyridine rings is 1. The molecule has 0 radical (unpaired) electrons. The molecule has 142 valence electrons. The summed E-state index contributed by atoms with van der Waals surface area (Å²) in [6, 6.07) is 9.25. The van der Waals surface area contributed by atoms with Crippen molar-refractivity contribution in [2.24, 2.45) is 9.98 Å². The highest BCUT2D eigenvalue weighted by Crippen LogP contribution is 2.33. The summed E-state index contributed by atoms with van der Waals surface area (Å²) in [6.07, 6.45) is 3.34. The van der Waals surface area contributed by atoms with Crippen LogP contribution in [0.2, 0.25) is 0 Å². The van der Waals surface area contributed by atoms with Crippen molar-refractivity contribution in [3.8, 4) is 0 Å². The largest absolute Gasteiger partial charge is 0.463 e. The summed E-state index contributed by atoms with van der Waals surface area (Å²) >= 11 is 1.58. The van der Waals surface area contributed by atoms with Gasteiger partial charge in [0.2, 0.25) is 5.91 Å². The molecular formula is C20H19N5O2S. The minimum atomic E-state index is -0.324. The molecule has 28 heavy (non-hydrogen) atoms.